The summed E-state index contributed by atoms with van der Waals surface area (Å²) in [7, 11) is 0. The predicted molar refractivity (Wildman–Crippen MR) is 80.1 cm³/mol. The second-order valence-electron chi connectivity index (χ2n) is 5.64. The van der Waals surface area contributed by atoms with E-state index in [0.717, 1.165) is 19.3 Å². The lowest BCUT2D eigenvalue weighted by Crippen LogP contribution is -2.44. The summed E-state index contributed by atoms with van der Waals surface area (Å²) in [6, 6.07) is 2.39. The fourth-order valence-corrected chi connectivity index (χ4v) is 3.45. The molecule has 0 spiro atoms. The maximum atomic E-state index is 12.7. The molecule has 1 saturated heterocycles. The zero-order valence-electron chi connectivity index (χ0n) is 12.3. The molecule has 0 radical (unpaired) electrons. The zero-order chi connectivity index (χ0) is 14.0. The Bertz CT molecular complexity index is 431. The van der Waals surface area contributed by atoms with Gasteiger partial charge < -0.3 is 4.90 Å². The van der Waals surface area contributed by atoms with Crippen molar-refractivity contribution in [3.8, 4) is 0 Å². The number of rotatable bonds is 5. The molecule has 4 heteroatoms. The normalized spacial score (nSPS) is 28.9. The molecule has 1 aromatic heterocycles. The van der Waals surface area contributed by atoms with E-state index in [1.807, 2.05) is 6.92 Å². The Kier molecular flexibility index (Phi) is 4.31. The van der Waals surface area contributed by atoms with Crippen LogP contribution in [0.25, 0.3) is 0 Å². The molecule has 3 nitrogen and oxygen atoms in total. The van der Waals surface area contributed by atoms with Gasteiger partial charge >= 0.3 is 0 Å². The van der Waals surface area contributed by atoms with E-state index in [1.165, 1.54) is 5.56 Å². The van der Waals surface area contributed by atoms with Crippen LogP contribution in [-0.4, -0.2) is 22.4 Å². The molecule has 2 rings (SSSR count). The number of amides is 1. The van der Waals surface area contributed by atoms with E-state index in [9.17, 15) is 4.79 Å². The monoisotopic (exact) mass is 280 g/mol. The SMILES string of the molecule is CCCC(C)N1C(=O)C(C)(CC)NC1c1ccsc1. The van der Waals surface area contributed by atoms with E-state index in [-0.39, 0.29) is 18.1 Å². The molecule has 2 heterocycles. The first-order valence-corrected chi connectivity index (χ1v) is 8.10. The molecule has 19 heavy (non-hydrogen) atoms. The first-order chi connectivity index (χ1) is 9.03. The molecule has 3 atom stereocenters. The van der Waals surface area contributed by atoms with E-state index >= 15 is 0 Å². The molecular weight excluding hydrogens is 256 g/mol. The molecule has 1 amide bonds. The number of nitrogens with zero attached hydrogens (tertiary/aromatic N) is 1. The number of carbonyl (C=O) groups is 1. The first-order valence-electron chi connectivity index (χ1n) is 7.16. The van der Waals surface area contributed by atoms with Crippen LogP contribution < -0.4 is 5.32 Å². The summed E-state index contributed by atoms with van der Waals surface area (Å²) in [6.07, 6.45) is 3.00. The van der Waals surface area contributed by atoms with Crippen molar-refractivity contribution in [1.29, 1.82) is 0 Å². The summed E-state index contributed by atoms with van der Waals surface area (Å²) in [6.45, 7) is 8.42. The maximum Gasteiger partial charge on any atom is 0.244 e. The van der Waals surface area contributed by atoms with Gasteiger partial charge in [-0.3, -0.25) is 10.1 Å². The Morgan fingerprint density at radius 3 is 2.79 bits per heavy atom. The third-order valence-corrected chi connectivity index (χ3v) is 4.89. The summed E-state index contributed by atoms with van der Waals surface area (Å²) >= 11 is 1.68. The van der Waals surface area contributed by atoms with Crippen molar-refractivity contribution in [2.75, 3.05) is 0 Å². The smallest absolute Gasteiger partial charge is 0.244 e. The molecule has 1 aromatic rings. The quantitative estimate of drug-likeness (QED) is 0.895. The summed E-state index contributed by atoms with van der Waals surface area (Å²) in [5, 5.41) is 7.75. The van der Waals surface area contributed by atoms with Crippen LogP contribution >= 0.6 is 11.3 Å². The molecular formula is C15H24N2OS. The highest BCUT2D eigenvalue weighted by molar-refractivity contribution is 7.07. The number of hydrogen-bond donors (Lipinski definition) is 1. The van der Waals surface area contributed by atoms with Crippen LogP contribution in [0, 0.1) is 0 Å². The van der Waals surface area contributed by atoms with Crippen LogP contribution in [0.1, 0.15) is 58.7 Å². The third kappa shape index (κ3) is 2.56. The fourth-order valence-electron chi connectivity index (χ4n) is 2.77. The maximum absolute atomic E-state index is 12.7. The highest BCUT2D eigenvalue weighted by Gasteiger charge is 2.48. The van der Waals surface area contributed by atoms with Crippen LogP contribution in [0.3, 0.4) is 0 Å². The number of carbonyl (C=O) groups excluding carboxylic acids is 1. The lowest BCUT2D eigenvalue weighted by atomic mass is 9.99. The fraction of sp³-hybridized carbons (Fsp3) is 0.667. The molecule has 106 valence electrons. The minimum atomic E-state index is -0.422. The number of nitrogens with one attached hydrogen (secondary N) is 1. The Balaban J connectivity index is 2.32. The molecule has 0 aromatic carbocycles. The largest absolute Gasteiger partial charge is 0.319 e. The average molecular weight is 280 g/mol. The first kappa shape index (κ1) is 14.5. The molecule has 1 aliphatic heterocycles. The van der Waals surface area contributed by atoms with Gasteiger partial charge in [-0.1, -0.05) is 20.3 Å². The summed E-state index contributed by atoms with van der Waals surface area (Å²) in [5.41, 5.74) is 0.785. The van der Waals surface area contributed by atoms with Crippen molar-refractivity contribution in [2.45, 2.75) is 64.7 Å². The molecule has 0 aliphatic carbocycles. The zero-order valence-corrected chi connectivity index (χ0v) is 13.1. The lowest BCUT2D eigenvalue weighted by molar-refractivity contribution is -0.135. The summed E-state index contributed by atoms with van der Waals surface area (Å²) < 4.78 is 0. The van der Waals surface area contributed by atoms with Crippen molar-refractivity contribution in [3.05, 3.63) is 22.4 Å². The van der Waals surface area contributed by atoms with Crippen LogP contribution in [0.4, 0.5) is 0 Å². The minimum absolute atomic E-state index is 0.0326. The molecule has 1 fully saturated rings. The van der Waals surface area contributed by atoms with Gasteiger partial charge in [-0.15, -0.1) is 0 Å². The summed E-state index contributed by atoms with van der Waals surface area (Å²) in [4.78, 5) is 14.8. The second kappa shape index (κ2) is 5.63. The molecule has 1 N–H and O–H groups in total. The van der Waals surface area contributed by atoms with Gasteiger partial charge in [-0.05, 0) is 49.1 Å². The van der Waals surface area contributed by atoms with Crippen molar-refractivity contribution >= 4 is 17.2 Å². The minimum Gasteiger partial charge on any atom is -0.319 e. The lowest BCUT2D eigenvalue weighted by Gasteiger charge is -2.30. The molecule has 0 saturated carbocycles. The van der Waals surface area contributed by atoms with E-state index in [1.54, 1.807) is 11.3 Å². The average Bonchev–Trinajstić information content (AvgIpc) is 2.98. The van der Waals surface area contributed by atoms with Crippen LogP contribution in [0.15, 0.2) is 16.8 Å². The van der Waals surface area contributed by atoms with E-state index in [2.05, 4.69) is 47.8 Å². The standard InChI is InChI=1S/C15H24N2OS/c1-5-7-11(3)17-13(12-8-9-19-10-12)16-15(4,6-2)14(17)18/h8-11,13,16H,5-7H2,1-4H3. The number of thiophene rings is 1. The topological polar surface area (TPSA) is 32.3 Å². The highest BCUT2D eigenvalue weighted by atomic mass is 32.1. The predicted octanol–water partition coefficient (Wildman–Crippen LogP) is 3.54. The molecule has 1 aliphatic rings. The van der Waals surface area contributed by atoms with Crippen molar-refractivity contribution in [2.24, 2.45) is 0 Å². The Morgan fingerprint density at radius 2 is 2.26 bits per heavy atom. The Labute approximate surface area is 120 Å². The van der Waals surface area contributed by atoms with Gasteiger partial charge in [0.15, 0.2) is 0 Å². The molecule has 0 bridgehead atoms. The van der Waals surface area contributed by atoms with Gasteiger partial charge in [-0.25, -0.2) is 0 Å². The number of hydrogen-bond acceptors (Lipinski definition) is 3. The van der Waals surface area contributed by atoms with E-state index < -0.39 is 5.54 Å². The second-order valence-corrected chi connectivity index (χ2v) is 6.42. The van der Waals surface area contributed by atoms with Crippen molar-refractivity contribution in [3.63, 3.8) is 0 Å². The van der Waals surface area contributed by atoms with Crippen LogP contribution in [-0.2, 0) is 4.79 Å². The summed E-state index contributed by atoms with van der Waals surface area (Å²) in [5.74, 6) is 0.243. The van der Waals surface area contributed by atoms with Crippen molar-refractivity contribution in [1.82, 2.24) is 10.2 Å². The van der Waals surface area contributed by atoms with Gasteiger partial charge in [0.2, 0.25) is 5.91 Å². The van der Waals surface area contributed by atoms with Gasteiger partial charge in [0.1, 0.15) is 6.17 Å². The Hall–Kier alpha value is -0.870. The van der Waals surface area contributed by atoms with Gasteiger partial charge in [0.05, 0.1) is 5.54 Å². The van der Waals surface area contributed by atoms with Gasteiger partial charge in [0, 0.05) is 6.04 Å². The van der Waals surface area contributed by atoms with Crippen molar-refractivity contribution < 1.29 is 4.79 Å². The third-order valence-electron chi connectivity index (χ3n) is 4.19. The van der Waals surface area contributed by atoms with Gasteiger partial charge in [0.25, 0.3) is 0 Å². The molecule has 3 unspecified atom stereocenters. The van der Waals surface area contributed by atoms with Crippen LogP contribution in [0.5, 0.6) is 0 Å². The van der Waals surface area contributed by atoms with Gasteiger partial charge in [-0.2, -0.15) is 11.3 Å². The Morgan fingerprint density at radius 1 is 1.53 bits per heavy atom. The van der Waals surface area contributed by atoms with E-state index in [0.29, 0.717) is 0 Å². The van der Waals surface area contributed by atoms with E-state index in [4.69, 9.17) is 0 Å². The van der Waals surface area contributed by atoms with Crippen LogP contribution in [0.2, 0.25) is 0 Å². The highest BCUT2D eigenvalue weighted by Crippen LogP contribution is 2.35.